The normalized spacial score (nSPS) is 16.4. The van der Waals surface area contributed by atoms with Gasteiger partial charge in [0.15, 0.2) is 0 Å². The van der Waals surface area contributed by atoms with Crippen LogP contribution in [0.25, 0.3) is 0 Å². The number of methoxy groups -OCH3 is 1. The van der Waals surface area contributed by atoms with Gasteiger partial charge in [-0.05, 0) is 71.6 Å². The number of benzene rings is 1. The van der Waals surface area contributed by atoms with Gasteiger partial charge in [0, 0.05) is 6.42 Å². The van der Waals surface area contributed by atoms with Gasteiger partial charge in [-0.3, -0.25) is 4.79 Å². The lowest BCUT2D eigenvalue weighted by Gasteiger charge is -2.28. The lowest BCUT2D eigenvalue weighted by molar-refractivity contribution is -0.145. The summed E-state index contributed by atoms with van der Waals surface area (Å²) in [6.07, 6.45) is 5.58. The van der Waals surface area contributed by atoms with Crippen LogP contribution in [0.5, 0.6) is 5.75 Å². The summed E-state index contributed by atoms with van der Waals surface area (Å²) in [4.78, 5) is 38.4. The SMILES string of the molecule is COC(=O)C(CC1CCCCC1)NC(=O)[C@H](Cc1ccc(OC(C)(C)C)cc1)NC(=O)OC(C)(C)C. The average Bonchev–Trinajstić information content (AvgIpc) is 2.77. The lowest BCUT2D eigenvalue weighted by Crippen LogP contribution is -2.53. The molecular weight excluding hydrogens is 460 g/mol. The summed E-state index contributed by atoms with van der Waals surface area (Å²) in [7, 11) is 1.32. The largest absolute Gasteiger partial charge is 0.488 e. The van der Waals surface area contributed by atoms with Gasteiger partial charge in [-0.1, -0.05) is 44.2 Å². The Kier molecular flexibility index (Phi) is 10.6. The number of hydrogen-bond acceptors (Lipinski definition) is 6. The zero-order valence-corrected chi connectivity index (χ0v) is 22.9. The maximum Gasteiger partial charge on any atom is 0.408 e. The third kappa shape index (κ3) is 10.9. The molecular formula is C28H44N2O6. The maximum absolute atomic E-state index is 13.4. The highest BCUT2D eigenvalue weighted by atomic mass is 16.6. The zero-order chi connectivity index (χ0) is 26.9. The van der Waals surface area contributed by atoms with Crippen molar-refractivity contribution in [3.05, 3.63) is 29.8 Å². The van der Waals surface area contributed by atoms with E-state index >= 15 is 0 Å². The topological polar surface area (TPSA) is 103 Å². The fourth-order valence-corrected chi connectivity index (χ4v) is 4.33. The molecule has 0 aromatic heterocycles. The van der Waals surface area contributed by atoms with Crippen LogP contribution in [0.15, 0.2) is 24.3 Å². The quantitative estimate of drug-likeness (QED) is 0.463. The van der Waals surface area contributed by atoms with E-state index in [2.05, 4.69) is 10.6 Å². The minimum Gasteiger partial charge on any atom is -0.488 e. The molecule has 0 spiro atoms. The Morgan fingerprint density at radius 2 is 1.50 bits per heavy atom. The highest BCUT2D eigenvalue weighted by Crippen LogP contribution is 2.27. The second-order valence-electron chi connectivity index (χ2n) is 11.6. The Bertz CT molecular complexity index is 864. The fourth-order valence-electron chi connectivity index (χ4n) is 4.33. The van der Waals surface area contributed by atoms with Crippen LogP contribution in [0.4, 0.5) is 4.79 Å². The number of hydrogen-bond donors (Lipinski definition) is 2. The Balaban J connectivity index is 2.17. The molecule has 202 valence electrons. The summed E-state index contributed by atoms with van der Waals surface area (Å²) >= 11 is 0. The van der Waals surface area contributed by atoms with Gasteiger partial charge >= 0.3 is 12.1 Å². The van der Waals surface area contributed by atoms with Crippen LogP contribution in [0.1, 0.15) is 85.6 Å². The number of rotatable bonds is 9. The van der Waals surface area contributed by atoms with Crippen molar-refractivity contribution in [1.82, 2.24) is 10.6 Å². The molecule has 1 aliphatic carbocycles. The molecule has 36 heavy (non-hydrogen) atoms. The second-order valence-corrected chi connectivity index (χ2v) is 11.6. The first-order chi connectivity index (χ1) is 16.8. The summed E-state index contributed by atoms with van der Waals surface area (Å²) in [6, 6.07) is 5.69. The molecule has 2 atom stereocenters. The molecule has 0 bridgehead atoms. The number of carbonyl (C=O) groups excluding carboxylic acids is 3. The summed E-state index contributed by atoms with van der Waals surface area (Å²) in [6.45, 7) is 11.2. The Morgan fingerprint density at radius 3 is 2.03 bits per heavy atom. The number of nitrogens with one attached hydrogen (secondary N) is 2. The minimum absolute atomic E-state index is 0.220. The van der Waals surface area contributed by atoms with E-state index in [1.54, 1.807) is 20.8 Å². The monoisotopic (exact) mass is 504 g/mol. The molecule has 0 radical (unpaired) electrons. The van der Waals surface area contributed by atoms with Gasteiger partial charge in [0.2, 0.25) is 5.91 Å². The third-order valence-electron chi connectivity index (χ3n) is 5.89. The molecule has 1 fully saturated rings. The van der Waals surface area contributed by atoms with E-state index in [0.29, 0.717) is 18.1 Å². The van der Waals surface area contributed by atoms with Crippen molar-refractivity contribution in [2.45, 2.75) is 110 Å². The van der Waals surface area contributed by atoms with Crippen molar-refractivity contribution in [2.24, 2.45) is 5.92 Å². The van der Waals surface area contributed by atoms with Crippen molar-refractivity contribution < 1.29 is 28.6 Å². The Hall–Kier alpha value is -2.77. The molecule has 2 rings (SSSR count). The van der Waals surface area contributed by atoms with E-state index in [4.69, 9.17) is 14.2 Å². The third-order valence-corrected chi connectivity index (χ3v) is 5.89. The van der Waals surface area contributed by atoms with Crippen LogP contribution in [0.2, 0.25) is 0 Å². The number of ether oxygens (including phenoxy) is 3. The van der Waals surface area contributed by atoms with Crippen molar-refractivity contribution in [3.8, 4) is 5.75 Å². The molecule has 0 saturated heterocycles. The smallest absolute Gasteiger partial charge is 0.408 e. The molecule has 2 N–H and O–H groups in total. The summed E-state index contributed by atoms with van der Waals surface area (Å²) < 4.78 is 16.2. The number of alkyl carbamates (subject to hydrolysis) is 1. The Morgan fingerprint density at radius 1 is 0.889 bits per heavy atom. The van der Waals surface area contributed by atoms with Gasteiger partial charge in [-0.25, -0.2) is 9.59 Å². The van der Waals surface area contributed by atoms with E-state index in [-0.39, 0.29) is 12.0 Å². The molecule has 1 aliphatic rings. The zero-order valence-electron chi connectivity index (χ0n) is 22.9. The van der Waals surface area contributed by atoms with E-state index < -0.39 is 35.7 Å². The van der Waals surface area contributed by atoms with Crippen molar-refractivity contribution in [1.29, 1.82) is 0 Å². The summed E-state index contributed by atoms with van der Waals surface area (Å²) in [5.41, 5.74) is -0.217. The van der Waals surface area contributed by atoms with Gasteiger partial charge in [0.05, 0.1) is 7.11 Å². The van der Waals surface area contributed by atoms with E-state index in [1.165, 1.54) is 13.5 Å². The molecule has 0 aliphatic heterocycles. The highest BCUT2D eigenvalue weighted by molar-refractivity contribution is 5.89. The minimum atomic E-state index is -0.937. The first-order valence-electron chi connectivity index (χ1n) is 12.9. The molecule has 1 aromatic rings. The molecule has 1 unspecified atom stereocenters. The van der Waals surface area contributed by atoms with E-state index in [1.807, 2.05) is 45.0 Å². The fraction of sp³-hybridized carbons (Fsp3) is 0.679. The van der Waals surface area contributed by atoms with Gasteiger partial charge in [-0.15, -0.1) is 0 Å². The number of amides is 2. The van der Waals surface area contributed by atoms with E-state index in [9.17, 15) is 14.4 Å². The van der Waals surface area contributed by atoms with Gasteiger partial charge in [-0.2, -0.15) is 0 Å². The second kappa shape index (κ2) is 13.0. The number of carbonyl (C=O) groups is 3. The van der Waals surface area contributed by atoms with Crippen LogP contribution in [0, 0.1) is 5.92 Å². The van der Waals surface area contributed by atoms with Gasteiger partial charge in [0.25, 0.3) is 0 Å². The lowest BCUT2D eigenvalue weighted by atomic mass is 9.84. The van der Waals surface area contributed by atoms with Crippen LogP contribution < -0.4 is 15.4 Å². The molecule has 1 aromatic carbocycles. The Labute approximate surface area is 215 Å². The van der Waals surface area contributed by atoms with Crippen LogP contribution in [-0.4, -0.2) is 48.4 Å². The van der Waals surface area contributed by atoms with Crippen molar-refractivity contribution in [2.75, 3.05) is 7.11 Å². The average molecular weight is 505 g/mol. The first-order valence-corrected chi connectivity index (χ1v) is 12.9. The van der Waals surface area contributed by atoms with E-state index in [0.717, 1.165) is 31.2 Å². The predicted octanol–water partition coefficient (Wildman–Crippen LogP) is 4.93. The molecule has 8 nitrogen and oxygen atoms in total. The summed E-state index contributed by atoms with van der Waals surface area (Å²) in [5, 5.41) is 5.52. The van der Waals surface area contributed by atoms with Gasteiger partial charge < -0.3 is 24.8 Å². The highest BCUT2D eigenvalue weighted by Gasteiger charge is 2.31. The van der Waals surface area contributed by atoms with Crippen LogP contribution in [-0.2, 0) is 25.5 Å². The van der Waals surface area contributed by atoms with Crippen molar-refractivity contribution >= 4 is 18.0 Å². The molecule has 0 heterocycles. The van der Waals surface area contributed by atoms with Gasteiger partial charge in [0.1, 0.15) is 29.0 Å². The molecule has 1 saturated carbocycles. The van der Waals surface area contributed by atoms with Crippen LogP contribution in [0.3, 0.4) is 0 Å². The van der Waals surface area contributed by atoms with Crippen LogP contribution >= 0.6 is 0 Å². The van der Waals surface area contributed by atoms with Crippen molar-refractivity contribution in [3.63, 3.8) is 0 Å². The molecule has 2 amide bonds. The predicted molar refractivity (Wildman–Crippen MR) is 139 cm³/mol. The maximum atomic E-state index is 13.4. The standard InChI is InChI=1S/C28H44N2O6/c1-27(2,3)35-21-15-13-20(14-16-21)17-22(30-26(33)36-28(4,5)6)24(31)29-23(25(32)34-7)18-19-11-9-8-10-12-19/h13-16,19,22-23H,8-12,17-18H2,1-7H3,(H,29,31)(H,30,33)/t22-,23?/m0/s1. The molecule has 8 heteroatoms. The first kappa shape index (κ1) is 29.5. The summed E-state index contributed by atoms with van der Waals surface area (Å²) in [5.74, 6) is 0.136. The number of esters is 1.